The Bertz CT molecular complexity index is 741. The Labute approximate surface area is 145 Å². The van der Waals surface area contributed by atoms with E-state index in [9.17, 15) is 14.0 Å². The van der Waals surface area contributed by atoms with Crippen LogP contribution in [-0.4, -0.2) is 35.8 Å². The largest absolute Gasteiger partial charge is 0.459 e. The molecule has 2 aromatic rings. The fourth-order valence-corrected chi connectivity index (χ4v) is 3.23. The first-order valence-electron chi connectivity index (χ1n) is 8.34. The van der Waals surface area contributed by atoms with Gasteiger partial charge in [-0.05, 0) is 43.7 Å². The first kappa shape index (κ1) is 17.2. The predicted molar refractivity (Wildman–Crippen MR) is 90.5 cm³/mol. The number of amides is 2. The van der Waals surface area contributed by atoms with Crippen LogP contribution in [0.25, 0.3) is 0 Å². The lowest BCUT2D eigenvalue weighted by Crippen LogP contribution is -2.39. The molecule has 1 aromatic carbocycles. The minimum Gasteiger partial charge on any atom is -0.459 e. The smallest absolute Gasteiger partial charge is 0.289 e. The van der Waals surface area contributed by atoms with Gasteiger partial charge in [0.1, 0.15) is 5.82 Å². The number of furan rings is 1. The number of likely N-dealkylation sites (tertiary alicyclic amines) is 1. The highest BCUT2D eigenvalue weighted by atomic mass is 19.1. The summed E-state index contributed by atoms with van der Waals surface area (Å²) in [6.07, 6.45) is 1.45. The number of carbonyl (C=O) groups is 2. The second-order valence-corrected chi connectivity index (χ2v) is 6.62. The molecular formula is C19H21FN2O3. The molecule has 0 saturated carbocycles. The lowest BCUT2D eigenvalue weighted by atomic mass is 9.88. The van der Waals surface area contributed by atoms with Crippen molar-refractivity contribution in [3.05, 3.63) is 59.8 Å². The molecule has 2 heterocycles. The van der Waals surface area contributed by atoms with Crippen LogP contribution < -0.4 is 5.32 Å². The quantitative estimate of drug-likeness (QED) is 0.928. The molecule has 2 unspecified atom stereocenters. The Hall–Kier alpha value is -2.63. The summed E-state index contributed by atoms with van der Waals surface area (Å²) in [5, 5.41) is 2.92. The molecule has 1 aliphatic rings. The van der Waals surface area contributed by atoms with Crippen LogP contribution in [-0.2, 0) is 4.79 Å². The fourth-order valence-electron chi connectivity index (χ4n) is 3.23. The zero-order chi connectivity index (χ0) is 18.0. The Kier molecular flexibility index (Phi) is 4.88. The normalized spacial score (nSPS) is 20.1. The summed E-state index contributed by atoms with van der Waals surface area (Å²) in [4.78, 5) is 26.8. The lowest BCUT2D eigenvalue weighted by Gasteiger charge is -2.19. The number of nitrogens with zero attached hydrogens (tertiary/aromatic N) is 1. The molecular weight excluding hydrogens is 323 g/mol. The second kappa shape index (κ2) is 7.09. The minimum atomic E-state index is -0.383. The van der Waals surface area contributed by atoms with Gasteiger partial charge in [-0.15, -0.1) is 0 Å². The second-order valence-electron chi connectivity index (χ2n) is 6.62. The van der Waals surface area contributed by atoms with E-state index in [0.29, 0.717) is 13.1 Å². The Morgan fingerprint density at radius 2 is 1.92 bits per heavy atom. The van der Waals surface area contributed by atoms with Gasteiger partial charge in [0.25, 0.3) is 5.91 Å². The highest BCUT2D eigenvalue weighted by Gasteiger charge is 2.41. The number of halogens is 1. The Balaban J connectivity index is 1.85. The molecule has 6 heteroatoms. The van der Waals surface area contributed by atoms with E-state index in [2.05, 4.69) is 5.32 Å². The highest BCUT2D eigenvalue weighted by molar-refractivity contribution is 5.92. The van der Waals surface area contributed by atoms with Crippen LogP contribution in [0.3, 0.4) is 0 Å². The topological polar surface area (TPSA) is 62.6 Å². The lowest BCUT2D eigenvalue weighted by molar-refractivity contribution is -0.125. The van der Waals surface area contributed by atoms with Crippen molar-refractivity contribution < 1.29 is 18.4 Å². The van der Waals surface area contributed by atoms with Gasteiger partial charge in [-0.25, -0.2) is 4.39 Å². The number of hydrogen-bond donors (Lipinski definition) is 1. The molecule has 132 valence electrons. The van der Waals surface area contributed by atoms with Crippen molar-refractivity contribution in [3.8, 4) is 0 Å². The third kappa shape index (κ3) is 3.73. The number of nitrogens with one attached hydrogen (secondary N) is 1. The van der Waals surface area contributed by atoms with E-state index in [1.165, 1.54) is 18.4 Å². The van der Waals surface area contributed by atoms with Crippen molar-refractivity contribution in [2.75, 3.05) is 13.1 Å². The number of carbonyl (C=O) groups excluding carboxylic acids is 2. The van der Waals surface area contributed by atoms with Crippen molar-refractivity contribution in [2.24, 2.45) is 5.92 Å². The highest BCUT2D eigenvalue weighted by Crippen LogP contribution is 2.34. The molecule has 1 aliphatic heterocycles. The Morgan fingerprint density at radius 3 is 2.52 bits per heavy atom. The van der Waals surface area contributed by atoms with Crippen molar-refractivity contribution >= 4 is 11.8 Å². The zero-order valence-electron chi connectivity index (χ0n) is 14.2. The van der Waals surface area contributed by atoms with Gasteiger partial charge in [0.05, 0.1) is 12.2 Å². The maximum absolute atomic E-state index is 13.2. The summed E-state index contributed by atoms with van der Waals surface area (Å²) in [5.41, 5.74) is 0.847. The van der Waals surface area contributed by atoms with Gasteiger partial charge in [-0.1, -0.05) is 12.1 Å². The average Bonchev–Trinajstić information content (AvgIpc) is 3.24. The molecule has 0 aliphatic carbocycles. The van der Waals surface area contributed by atoms with E-state index < -0.39 is 0 Å². The van der Waals surface area contributed by atoms with E-state index in [1.54, 1.807) is 29.2 Å². The Morgan fingerprint density at radius 1 is 1.20 bits per heavy atom. The number of rotatable bonds is 4. The first-order valence-corrected chi connectivity index (χ1v) is 8.34. The van der Waals surface area contributed by atoms with Gasteiger partial charge in [0.2, 0.25) is 5.91 Å². The van der Waals surface area contributed by atoms with E-state index in [1.807, 2.05) is 13.8 Å². The van der Waals surface area contributed by atoms with E-state index >= 15 is 0 Å². The first-order chi connectivity index (χ1) is 12.0. The van der Waals surface area contributed by atoms with Crippen LogP contribution in [0.15, 0.2) is 47.1 Å². The molecule has 5 nitrogen and oxygen atoms in total. The van der Waals surface area contributed by atoms with Gasteiger partial charge in [0, 0.05) is 25.0 Å². The van der Waals surface area contributed by atoms with Gasteiger partial charge >= 0.3 is 0 Å². The van der Waals surface area contributed by atoms with E-state index in [4.69, 9.17) is 4.42 Å². The van der Waals surface area contributed by atoms with Gasteiger partial charge in [-0.3, -0.25) is 9.59 Å². The number of benzene rings is 1. The summed E-state index contributed by atoms with van der Waals surface area (Å²) in [6, 6.07) is 9.39. The fraction of sp³-hybridized carbons (Fsp3) is 0.368. The average molecular weight is 344 g/mol. The van der Waals surface area contributed by atoms with Crippen molar-refractivity contribution in [2.45, 2.75) is 25.8 Å². The summed E-state index contributed by atoms with van der Waals surface area (Å²) >= 11 is 0. The van der Waals surface area contributed by atoms with Crippen molar-refractivity contribution in [1.29, 1.82) is 0 Å². The van der Waals surface area contributed by atoms with Gasteiger partial charge in [0.15, 0.2) is 5.76 Å². The van der Waals surface area contributed by atoms with Crippen molar-refractivity contribution in [3.63, 3.8) is 0 Å². The van der Waals surface area contributed by atoms with Crippen LogP contribution in [0.1, 0.15) is 35.9 Å². The monoisotopic (exact) mass is 344 g/mol. The third-order valence-electron chi connectivity index (χ3n) is 4.40. The molecule has 0 radical (unpaired) electrons. The summed E-state index contributed by atoms with van der Waals surface area (Å²) in [5.74, 6) is -0.975. The van der Waals surface area contributed by atoms with Gasteiger partial charge < -0.3 is 14.6 Å². The maximum atomic E-state index is 13.2. The third-order valence-corrected chi connectivity index (χ3v) is 4.40. The number of hydrogen-bond acceptors (Lipinski definition) is 3. The minimum absolute atomic E-state index is 0.0104. The molecule has 1 N–H and O–H groups in total. The van der Waals surface area contributed by atoms with Crippen LogP contribution in [0.2, 0.25) is 0 Å². The van der Waals surface area contributed by atoms with Crippen LogP contribution in [0, 0.1) is 11.7 Å². The maximum Gasteiger partial charge on any atom is 0.289 e. The molecule has 2 amide bonds. The summed E-state index contributed by atoms with van der Waals surface area (Å²) < 4.78 is 18.4. The summed E-state index contributed by atoms with van der Waals surface area (Å²) in [7, 11) is 0. The van der Waals surface area contributed by atoms with E-state index in [0.717, 1.165) is 5.56 Å². The van der Waals surface area contributed by atoms with Gasteiger partial charge in [-0.2, -0.15) is 0 Å². The molecule has 3 rings (SSSR count). The zero-order valence-corrected chi connectivity index (χ0v) is 14.2. The standard InChI is InChI=1S/C19H21FN2O3/c1-12(2)21-18(23)16-11-22(19(24)17-4-3-9-25-17)10-15(16)13-5-7-14(20)8-6-13/h3-9,12,15-16H,10-11H2,1-2H3,(H,21,23). The molecule has 0 bridgehead atoms. The van der Waals surface area contributed by atoms with E-state index in [-0.39, 0.29) is 41.3 Å². The predicted octanol–water partition coefficient (Wildman–Crippen LogP) is 2.80. The van der Waals surface area contributed by atoms with Crippen LogP contribution in [0.4, 0.5) is 4.39 Å². The molecule has 1 saturated heterocycles. The summed E-state index contributed by atoms with van der Waals surface area (Å²) in [6.45, 7) is 4.48. The van der Waals surface area contributed by atoms with Crippen molar-refractivity contribution in [1.82, 2.24) is 10.2 Å². The molecule has 0 spiro atoms. The van der Waals surface area contributed by atoms with Crippen LogP contribution in [0.5, 0.6) is 0 Å². The molecule has 25 heavy (non-hydrogen) atoms. The molecule has 1 fully saturated rings. The molecule has 1 aromatic heterocycles. The van der Waals surface area contributed by atoms with Crippen LogP contribution >= 0.6 is 0 Å². The molecule has 2 atom stereocenters. The SMILES string of the molecule is CC(C)NC(=O)C1CN(C(=O)c2ccco2)CC1c1ccc(F)cc1.